The molecule has 2 aromatic heterocycles. The van der Waals surface area contributed by atoms with Crippen molar-refractivity contribution in [1.82, 2.24) is 15.0 Å². The Hall–Kier alpha value is -2.48. The highest BCUT2D eigenvalue weighted by Gasteiger charge is 2.20. The molecule has 1 saturated heterocycles. The number of carbonyl (C=O) groups is 1. The lowest BCUT2D eigenvalue weighted by atomic mass is 10.1. The highest BCUT2D eigenvalue weighted by atomic mass is 32.1. The first-order valence-electron chi connectivity index (χ1n) is 9.89. The summed E-state index contributed by atoms with van der Waals surface area (Å²) < 4.78 is 5.47. The summed E-state index contributed by atoms with van der Waals surface area (Å²) in [5.74, 6) is 0.876. The number of nitrogens with zero attached hydrogens (tertiary/aromatic N) is 3. The third-order valence-corrected chi connectivity index (χ3v) is 6.30. The van der Waals surface area contributed by atoms with Gasteiger partial charge in [0.2, 0.25) is 5.91 Å². The number of amides is 1. The Morgan fingerprint density at radius 2 is 1.93 bits per heavy atom. The van der Waals surface area contributed by atoms with Gasteiger partial charge in [-0.05, 0) is 42.5 Å². The smallest absolute Gasteiger partial charge is 0.238 e. The summed E-state index contributed by atoms with van der Waals surface area (Å²) in [4.78, 5) is 18.1. The Bertz CT molecular complexity index is 959. The number of thiophene rings is 1. The second-order valence-electron chi connectivity index (χ2n) is 7.51. The molecule has 0 aliphatic carbocycles. The maximum Gasteiger partial charge on any atom is 0.238 e. The van der Waals surface area contributed by atoms with Gasteiger partial charge in [-0.25, -0.2) is 0 Å². The number of rotatable bonds is 6. The standard InChI is InChI=1S/C22H26N4O2S/c1-16-5-3-6-19(17(16)2)23-22(27)15-26-10-8-25(9-11-26)14-18-13-20(28-24-18)21-7-4-12-29-21/h3-7,12-13H,8-11,14-15H2,1-2H3,(H,23,27). The molecule has 152 valence electrons. The predicted octanol–water partition coefficient (Wildman–Crippen LogP) is 3.78. The molecular formula is C22H26N4O2S. The summed E-state index contributed by atoms with van der Waals surface area (Å²) in [5.41, 5.74) is 4.17. The predicted molar refractivity (Wildman–Crippen MR) is 116 cm³/mol. The Kier molecular flexibility index (Phi) is 6.08. The molecule has 0 saturated carbocycles. The van der Waals surface area contributed by atoms with Gasteiger partial charge in [0.25, 0.3) is 0 Å². The summed E-state index contributed by atoms with van der Waals surface area (Å²) in [6.45, 7) is 8.87. The summed E-state index contributed by atoms with van der Waals surface area (Å²) >= 11 is 1.65. The number of aromatic nitrogens is 1. The first-order chi connectivity index (χ1) is 14.1. The van der Waals surface area contributed by atoms with E-state index in [2.05, 4.69) is 33.3 Å². The fourth-order valence-corrected chi connectivity index (χ4v) is 4.21. The number of benzene rings is 1. The number of nitrogens with one attached hydrogen (secondary N) is 1. The number of aryl methyl sites for hydroxylation is 1. The molecular weight excluding hydrogens is 384 g/mol. The van der Waals surface area contributed by atoms with Crippen LogP contribution in [0.4, 0.5) is 5.69 Å². The number of carbonyl (C=O) groups excluding carboxylic acids is 1. The van der Waals surface area contributed by atoms with Crippen molar-refractivity contribution >= 4 is 22.9 Å². The maximum atomic E-state index is 12.4. The number of hydrogen-bond donors (Lipinski definition) is 1. The average molecular weight is 411 g/mol. The van der Waals surface area contributed by atoms with Crippen LogP contribution in [0, 0.1) is 13.8 Å². The largest absolute Gasteiger partial charge is 0.355 e. The molecule has 1 aliphatic rings. The summed E-state index contributed by atoms with van der Waals surface area (Å²) in [5, 5.41) is 9.29. The Balaban J connectivity index is 1.24. The third-order valence-electron chi connectivity index (χ3n) is 5.42. The monoisotopic (exact) mass is 410 g/mol. The molecule has 29 heavy (non-hydrogen) atoms. The Labute approximate surface area is 175 Å². The van der Waals surface area contributed by atoms with Crippen molar-refractivity contribution in [3.05, 3.63) is 58.6 Å². The molecule has 1 fully saturated rings. The molecule has 0 radical (unpaired) electrons. The minimum absolute atomic E-state index is 0.0456. The molecule has 0 atom stereocenters. The fraction of sp³-hybridized carbons (Fsp3) is 0.364. The second-order valence-corrected chi connectivity index (χ2v) is 8.46. The lowest BCUT2D eigenvalue weighted by molar-refractivity contribution is -0.117. The highest BCUT2D eigenvalue weighted by molar-refractivity contribution is 7.13. The van der Waals surface area contributed by atoms with E-state index in [1.165, 1.54) is 5.56 Å². The zero-order valence-electron chi connectivity index (χ0n) is 16.9. The maximum absolute atomic E-state index is 12.4. The SMILES string of the molecule is Cc1cccc(NC(=O)CN2CCN(Cc3cc(-c4cccs4)on3)CC2)c1C. The number of anilines is 1. The Morgan fingerprint density at radius 1 is 1.14 bits per heavy atom. The van der Waals surface area contributed by atoms with Crippen LogP contribution in [0.2, 0.25) is 0 Å². The van der Waals surface area contributed by atoms with Crippen LogP contribution in [0.25, 0.3) is 10.6 Å². The molecule has 0 spiro atoms. The minimum Gasteiger partial charge on any atom is -0.355 e. The lowest BCUT2D eigenvalue weighted by Gasteiger charge is -2.33. The van der Waals surface area contributed by atoms with Crippen molar-refractivity contribution in [1.29, 1.82) is 0 Å². The van der Waals surface area contributed by atoms with Gasteiger partial charge in [-0.15, -0.1) is 11.3 Å². The van der Waals surface area contributed by atoms with Gasteiger partial charge in [0.05, 0.1) is 17.1 Å². The van der Waals surface area contributed by atoms with Crippen LogP contribution in [0.1, 0.15) is 16.8 Å². The second kappa shape index (κ2) is 8.90. The molecule has 7 heteroatoms. The Morgan fingerprint density at radius 3 is 2.69 bits per heavy atom. The van der Waals surface area contributed by atoms with Crippen molar-refractivity contribution in [3.8, 4) is 10.6 Å². The quantitative estimate of drug-likeness (QED) is 0.670. The van der Waals surface area contributed by atoms with Crippen molar-refractivity contribution in [2.75, 3.05) is 38.0 Å². The topological polar surface area (TPSA) is 61.6 Å². The van der Waals surface area contributed by atoms with Gasteiger partial charge in [0.15, 0.2) is 5.76 Å². The van der Waals surface area contributed by atoms with E-state index in [0.717, 1.165) is 60.3 Å². The van der Waals surface area contributed by atoms with E-state index in [4.69, 9.17) is 4.52 Å². The summed E-state index contributed by atoms with van der Waals surface area (Å²) in [7, 11) is 0. The van der Waals surface area contributed by atoms with E-state index in [1.807, 2.05) is 42.6 Å². The molecule has 3 aromatic rings. The molecule has 3 heterocycles. The first kappa shape index (κ1) is 19.8. The van der Waals surface area contributed by atoms with E-state index in [9.17, 15) is 4.79 Å². The molecule has 0 unspecified atom stereocenters. The first-order valence-corrected chi connectivity index (χ1v) is 10.8. The lowest BCUT2D eigenvalue weighted by Crippen LogP contribution is -2.48. The summed E-state index contributed by atoms with van der Waals surface area (Å²) in [6.07, 6.45) is 0. The van der Waals surface area contributed by atoms with E-state index in [-0.39, 0.29) is 5.91 Å². The van der Waals surface area contributed by atoms with E-state index < -0.39 is 0 Å². The van der Waals surface area contributed by atoms with Crippen molar-refractivity contribution < 1.29 is 9.32 Å². The van der Waals surface area contributed by atoms with Crippen LogP contribution < -0.4 is 5.32 Å². The van der Waals surface area contributed by atoms with Gasteiger partial charge in [-0.1, -0.05) is 23.4 Å². The zero-order valence-corrected chi connectivity index (χ0v) is 17.7. The third kappa shape index (κ3) is 4.93. The van der Waals surface area contributed by atoms with Crippen LogP contribution in [0.5, 0.6) is 0 Å². The van der Waals surface area contributed by atoms with Crippen LogP contribution in [0.3, 0.4) is 0 Å². The highest BCUT2D eigenvalue weighted by Crippen LogP contribution is 2.25. The van der Waals surface area contributed by atoms with Gasteiger partial charge in [-0.3, -0.25) is 14.6 Å². The van der Waals surface area contributed by atoms with Crippen LogP contribution in [-0.4, -0.2) is 53.6 Å². The number of piperazine rings is 1. The van der Waals surface area contributed by atoms with Gasteiger partial charge < -0.3 is 9.84 Å². The van der Waals surface area contributed by atoms with E-state index >= 15 is 0 Å². The van der Waals surface area contributed by atoms with Crippen molar-refractivity contribution in [2.45, 2.75) is 20.4 Å². The molecule has 1 aromatic carbocycles. The van der Waals surface area contributed by atoms with Crippen LogP contribution in [0.15, 0.2) is 46.3 Å². The molecule has 6 nitrogen and oxygen atoms in total. The van der Waals surface area contributed by atoms with E-state index in [0.29, 0.717) is 6.54 Å². The molecule has 0 bridgehead atoms. The molecule has 1 N–H and O–H groups in total. The van der Waals surface area contributed by atoms with E-state index in [1.54, 1.807) is 11.3 Å². The number of hydrogen-bond acceptors (Lipinski definition) is 6. The van der Waals surface area contributed by atoms with Gasteiger partial charge in [0, 0.05) is 44.5 Å². The zero-order chi connectivity index (χ0) is 20.2. The molecule has 4 rings (SSSR count). The van der Waals surface area contributed by atoms with Gasteiger partial charge in [-0.2, -0.15) is 0 Å². The minimum atomic E-state index is 0.0456. The molecule has 1 aliphatic heterocycles. The van der Waals surface area contributed by atoms with Crippen molar-refractivity contribution in [2.24, 2.45) is 0 Å². The van der Waals surface area contributed by atoms with Gasteiger partial charge >= 0.3 is 0 Å². The van der Waals surface area contributed by atoms with Crippen LogP contribution in [-0.2, 0) is 11.3 Å². The average Bonchev–Trinajstić information content (AvgIpc) is 3.39. The fourth-order valence-electron chi connectivity index (χ4n) is 3.54. The normalized spacial score (nSPS) is 15.5. The summed E-state index contributed by atoms with van der Waals surface area (Å²) in [6, 6.07) is 12.1. The molecule has 1 amide bonds. The van der Waals surface area contributed by atoms with Crippen LogP contribution >= 0.6 is 11.3 Å². The van der Waals surface area contributed by atoms with Crippen molar-refractivity contribution in [3.63, 3.8) is 0 Å². The van der Waals surface area contributed by atoms with Gasteiger partial charge in [0.1, 0.15) is 0 Å².